The van der Waals surface area contributed by atoms with Crippen molar-refractivity contribution in [3.05, 3.63) is 70.0 Å². The molecule has 2 aromatic carbocycles. The standard InChI is InChI=1S/C15H15FN2O2S/c1-10(15(17)11-6-8-12(16)9-7-11)21-14-5-3-2-4-13(14)18(19)20/h2-10,15H,17H2,1H3. The molecular weight excluding hydrogens is 291 g/mol. The predicted molar refractivity (Wildman–Crippen MR) is 81.7 cm³/mol. The van der Waals surface area contributed by atoms with Crippen LogP contribution in [0.25, 0.3) is 0 Å². The Bertz CT molecular complexity index is 634. The van der Waals surface area contributed by atoms with Crippen molar-refractivity contribution in [3.8, 4) is 0 Å². The summed E-state index contributed by atoms with van der Waals surface area (Å²) in [4.78, 5) is 11.2. The van der Waals surface area contributed by atoms with Gasteiger partial charge in [-0.15, -0.1) is 11.8 Å². The lowest BCUT2D eigenvalue weighted by atomic mass is 10.1. The van der Waals surface area contributed by atoms with Gasteiger partial charge in [-0.2, -0.15) is 0 Å². The first-order valence-corrected chi connectivity index (χ1v) is 7.28. The fraction of sp³-hybridized carbons (Fsp3) is 0.200. The third-order valence-electron chi connectivity index (χ3n) is 3.14. The van der Waals surface area contributed by atoms with Gasteiger partial charge in [0, 0.05) is 17.4 Å². The molecule has 110 valence electrons. The molecule has 0 aliphatic heterocycles. The van der Waals surface area contributed by atoms with Crippen molar-refractivity contribution < 1.29 is 9.31 Å². The van der Waals surface area contributed by atoms with Crippen LogP contribution in [0.4, 0.5) is 10.1 Å². The predicted octanol–water partition coefficient (Wildman–Crippen LogP) is 3.91. The minimum absolute atomic E-state index is 0.0701. The summed E-state index contributed by atoms with van der Waals surface area (Å²) in [5.41, 5.74) is 7.02. The monoisotopic (exact) mass is 306 g/mol. The fourth-order valence-corrected chi connectivity index (χ4v) is 3.06. The van der Waals surface area contributed by atoms with Crippen LogP contribution in [0.1, 0.15) is 18.5 Å². The molecule has 0 aliphatic rings. The average molecular weight is 306 g/mol. The number of halogens is 1. The van der Waals surface area contributed by atoms with E-state index >= 15 is 0 Å². The van der Waals surface area contributed by atoms with Crippen LogP contribution in [0, 0.1) is 15.9 Å². The van der Waals surface area contributed by atoms with Gasteiger partial charge < -0.3 is 5.73 Å². The molecule has 0 radical (unpaired) electrons. The summed E-state index contributed by atoms with van der Waals surface area (Å²) in [6.45, 7) is 1.90. The van der Waals surface area contributed by atoms with Crippen LogP contribution in [0.5, 0.6) is 0 Å². The van der Waals surface area contributed by atoms with Gasteiger partial charge in [0.1, 0.15) is 5.82 Å². The zero-order valence-electron chi connectivity index (χ0n) is 11.4. The summed E-state index contributed by atoms with van der Waals surface area (Å²) >= 11 is 1.35. The maximum atomic E-state index is 12.9. The number of para-hydroxylation sites is 1. The summed E-state index contributed by atoms with van der Waals surface area (Å²) in [6, 6.07) is 12.2. The highest BCUT2D eigenvalue weighted by molar-refractivity contribution is 8.00. The van der Waals surface area contributed by atoms with Crippen molar-refractivity contribution in [2.45, 2.75) is 23.1 Å². The molecule has 2 unspecified atom stereocenters. The van der Waals surface area contributed by atoms with E-state index < -0.39 is 4.92 Å². The van der Waals surface area contributed by atoms with E-state index in [2.05, 4.69) is 0 Å². The molecule has 0 aromatic heterocycles. The van der Waals surface area contributed by atoms with E-state index in [1.165, 1.54) is 30.0 Å². The van der Waals surface area contributed by atoms with E-state index in [-0.39, 0.29) is 22.8 Å². The Morgan fingerprint density at radius 2 is 1.81 bits per heavy atom. The quantitative estimate of drug-likeness (QED) is 0.516. The zero-order chi connectivity index (χ0) is 15.4. The molecule has 0 spiro atoms. The van der Waals surface area contributed by atoms with Gasteiger partial charge in [-0.3, -0.25) is 10.1 Å². The van der Waals surface area contributed by atoms with E-state index in [9.17, 15) is 14.5 Å². The van der Waals surface area contributed by atoms with Gasteiger partial charge >= 0.3 is 0 Å². The molecule has 0 saturated carbocycles. The molecule has 0 heterocycles. The number of nitrogens with two attached hydrogens (primary N) is 1. The molecule has 0 fully saturated rings. The molecule has 2 atom stereocenters. The molecule has 4 nitrogen and oxygen atoms in total. The molecule has 0 amide bonds. The molecule has 0 bridgehead atoms. The first kappa shape index (κ1) is 15.5. The van der Waals surface area contributed by atoms with Crippen molar-refractivity contribution in [3.63, 3.8) is 0 Å². The van der Waals surface area contributed by atoms with Gasteiger partial charge in [0.05, 0.1) is 9.82 Å². The normalized spacial score (nSPS) is 13.7. The Hall–Kier alpha value is -1.92. The average Bonchev–Trinajstić information content (AvgIpc) is 2.47. The molecule has 2 aromatic rings. The Kier molecular flexibility index (Phi) is 4.93. The van der Waals surface area contributed by atoms with Crippen molar-refractivity contribution >= 4 is 17.4 Å². The van der Waals surface area contributed by atoms with Gasteiger partial charge in [0.2, 0.25) is 0 Å². The number of hydrogen-bond acceptors (Lipinski definition) is 4. The van der Waals surface area contributed by atoms with Crippen LogP contribution >= 0.6 is 11.8 Å². The molecule has 0 aliphatic carbocycles. The van der Waals surface area contributed by atoms with Gasteiger partial charge in [-0.25, -0.2) is 4.39 Å². The second-order valence-electron chi connectivity index (χ2n) is 4.63. The van der Waals surface area contributed by atoms with E-state index in [4.69, 9.17) is 5.73 Å². The van der Waals surface area contributed by atoms with Gasteiger partial charge in [-0.1, -0.05) is 31.2 Å². The number of nitro groups is 1. The number of nitro benzene ring substituents is 1. The fourth-order valence-electron chi connectivity index (χ4n) is 1.94. The second-order valence-corrected chi connectivity index (χ2v) is 6.04. The molecular formula is C15H15FN2O2S. The Morgan fingerprint density at radius 1 is 1.19 bits per heavy atom. The largest absolute Gasteiger partial charge is 0.323 e. The number of benzene rings is 2. The first-order chi connectivity index (χ1) is 9.99. The van der Waals surface area contributed by atoms with Gasteiger partial charge in [0.25, 0.3) is 5.69 Å². The Morgan fingerprint density at radius 3 is 2.43 bits per heavy atom. The lowest BCUT2D eigenvalue weighted by molar-refractivity contribution is -0.387. The Balaban J connectivity index is 2.16. The minimum atomic E-state index is -0.404. The third-order valence-corrected chi connectivity index (χ3v) is 4.40. The highest BCUT2D eigenvalue weighted by Gasteiger charge is 2.20. The third kappa shape index (κ3) is 3.80. The van der Waals surface area contributed by atoms with Crippen molar-refractivity contribution in [1.29, 1.82) is 0 Å². The molecule has 21 heavy (non-hydrogen) atoms. The Labute approximate surface area is 126 Å². The van der Waals surface area contributed by atoms with Crippen molar-refractivity contribution in [2.75, 3.05) is 0 Å². The number of rotatable bonds is 5. The number of nitrogens with zero attached hydrogens (tertiary/aromatic N) is 1. The van der Waals surface area contributed by atoms with Crippen LogP contribution < -0.4 is 5.73 Å². The van der Waals surface area contributed by atoms with E-state index in [1.54, 1.807) is 30.3 Å². The highest BCUT2D eigenvalue weighted by Crippen LogP contribution is 2.35. The zero-order valence-corrected chi connectivity index (χ0v) is 12.2. The summed E-state index contributed by atoms with van der Waals surface area (Å²) < 4.78 is 12.9. The van der Waals surface area contributed by atoms with Crippen molar-refractivity contribution in [2.24, 2.45) is 5.73 Å². The van der Waals surface area contributed by atoms with Crippen LogP contribution in [0.2, 0.25) is 0 Å². The summed E-state index contributed by atoms with van der Waals surface area (Å²) in [5, 5.41) is 10.9. The summed E-state index contributed by atoms with van der Waals surface area (Å²) in [7, 11) is 0. The van der Waals surface area contributed by atoms with Crippen LogP contribution in [-0.2, 0) is 0 Å². The van der Waals surface area contributed by atoms with E-state index in [0.29, 0.717) is 4.90 Å². The maximum Gasteiger partial charge on any atom is 0.282 e. The van der Waals surface area contributed by atoms with E-state index in [0.717, 1.165) is 5.56 Å². The van der Waals surface area contributed by atoms with Crippen LogP contribution in [-0.4, -0.2) is 10.2 Å². The van der Waals surface area contributed by atoms with Gasteiger partial charge in [0.15, 0.2) is 0 Å². The van der Waals surface area contributed by atoms with Gasteiger partial charge in [-0.05, 0) is 23.8 Å². The summed E-state index contributed by atoms with van der Waals surface area (Å²) in [6.07, 6.45) is 0. The van der Waals surface area contributed by atoms with Crippen LogP contribution in [0.15, 0.2) is 53.4 Å². The maximum absolute atomic E-state index is 12.9. The lowest BCUT2D eigenvalue weighted by Gasteiger charge is -2.19. The topological polar surface area (TPSA) is 69.2 Å². The highest BCUT2D eigenvalue weighted by atomic mass is 32.2. The molecule has 2 rings (SSSR count). The molecule has 0 saturated heterocycles. The smallest absolute Gasteiger partial charge is 0.282 e. The molecule has 2 N–H and O–H groups in total. The first-order valence-electron chi connectivity index (χ1n) is 6.40. The summed E-state index contributed by atoms with van der Waals surface area (Å²) in [5.74, 6) is -0.315. The second kappa shape index (κ2) is 6.69. The van der Waals surface area contributed by atoms with E-state index in [1.807, 2.05) is 6.92 Å². The SMILES string of the molecule is CC(Sc1ccccc1[N+](=O)[O-])C(N)c1ccc(F)cc1. The van der Waals surface area contributed by atoms with Crippen LogP contribution in [0.3, 0.4) is 0 Å². The minimum Gasteiger partial charge on any atom is -0.323 e. The lowest BCUT2D eigenvalue weighted by Crippen LogP contribution is -2.21. The number of thioether (sulfide) groups is 1. The molecule has 6 heteroatoms. The number of hydrogen-bond donors (Lipinski definition) is 1. The van der Waals surface area contributed by atoms with Crippen molar-refractivity contribution in [1.82, 2.24) is 0 Å².